The van der Waals surface area contributed by atoms with Gasteiger partial charge in [-0.3, -0.25) is 0 Å². The van der Waals surface area contributed by atoms with Gasteiger partial charge in [-0.05, 0) is 48.4 Å². The molecule has 0 amide bonds. The molecule has 104 valence electrons. The summed E-state index contributed by atoms with van der Waals surface area (Å²) in [6.45, 7) is 1.97. The number of nitrogens with one attached hydrogen (secondary N) is 1. The first-order chi connectivity index (χ1) is 9.54. The largest absolute Gasteiger partial charge is 0.341 e. The van der Waals surface area contributed by atoms with Gasteiger partial charge in [0, 0.05) is 21.5 Å². The van der Waals surface area contributed by atoms with Crippen LogP contribution in [0.2, 0.25) is 10.0 Å². The number of hydrogen-bond acceptors (Lipinski definition) is 2. The zero-order chi connectivity index (χ0) is 14.5. The highest BCUT2D eigenvalue weighted by Gasteiger charge is 2.02. The average Bonchev–Trinajstić information content (AvgIpc) is 2.42. The molecule has 20 heavy (non-hydrogen) atoms. The first kappa shape index (κ1) is 15.6. The van der Waals surface area contributed by atoms with Crippen molar-refractivity contribution in [3.8, 4) is 0 Å². The minimum absolute atomic E-state index is 0.738. The third-order valence-corrected chi connectivity index (χ3v) is 4.66. The van der Waals surface area contributed by atoms with E-state index in [2.05, 4.69) is 5.32 Å². The van der Waals surface area contributed by atoms with Crippen LogP contribution in [-0.2, 0) is 5.75 Å². The van der Waals surface area contributed by atoms with Crippen molar-refractivity contribution in [1.29, 1.82) is 0 Å². The molecule has 0 atom stereocenters. The van der Waals surface area contributed by atoms with Gasteiger partial charge in [-0.1, -0.05) is 59.3 Å². The maximum atomic E-state index is 5.99. The Kier molecular flexibility index (Phi) is 5.73. The molecule has 0 aliphatic carbocycles. The van der Waals surface area contributed by atoms with Gasteiger partial charge >= 0.3 is 0 Å². The molecule has 0 saturated heterocycles. The van der Waals surface area contributed by atoms with Gasteiger partial charge in [0.25, 0.3) is 0 Å². The van der Waals surface area contributed by atoms with Gasteiger partial charge in [0.05, 0.1) is 0 Å². The monoisotopic (exact) mass is 341 g/mol. The van der Waals surface area contributed by atoms with Gasteiger partial charge in [0.1, 0.15) is 4.32 Å². The molecule has 0 spiro atoms. The second kappa shape index (κ2) is 7.32. The van der Waals surface area contributed by atoms with E-state index in [-0.39, 0.29) is 0 Å². The van der Waals surface area contributed by atoms with Crippen LogP contribution in [0.15, 0.2) is 42.5 Å². The smallest absolute Gasteiger partial charge is 0.138 e. The second-order valence-corrected chi connectivity index (χ2v) is 6.79. The van der Waals surface area contributed by atoms with Crippen molar-refractivity contribution in [1.82, 2.24) is 0 Å². The minimum atomic E-state index is 0.738. The van der Waals surface area contributed by atoms with Crippen LogP contribution in [-0.4, -0.2) is 4.32 Å². The van der Waals surface area contributed by atoms with E-state index in [4.69, 9.17) is 35.4 Å². The molecule has 0 heterocycles. The van der Waals surface area contributed by atoms with Crippen LogP contribution in [0.25, 0.3) is 0 Å². The lowest BCUT2D eigenvalue weighted by molar-refractivity contribution is 1.42. The molecule has 0 aliphatic rings. The minimum Gasteiger partial charge on any atom is -0.341 e. The Morgan fingerprint density at radius 3 is 2.50 bits per heavy atom. The summed E-state index contributed by atoms with van der Waals surface area (Å²) in [6.07, 6.45) is 0. The lowest BCUT2D eigenvalue weighted by atomic mass is 10.2. The summed E-state index contributed by atoms with van der Waals surface area (Å²) in [5, 5.41) is 4.71. The van der Waals surface area contributed by atoms with E-state index < -0.39 is 0 Å². The fourth-order valence-electron chi connectivity index (χ4n) is 1.61. The van der Waals surface area contributed by atoms with Crippen molar-refractivity contribution in [3.63, 3.8) is 0 Å². The molecule has 2 aromatic rings. The van der Waals surface area contributed by atoms with Gasteiger partial charge in [0.15, 0.2) is 0 Å². The molecule has 0 bridgehead atoms. The molecule has 0 aliphatic heterocycles. The van der Waals surface area contributed by atoms with E-state index in [1.807, 2.05) is 49.4 Å². The quantitative estimate of drug-likeness (QED) is 0.694. The average molecular weight is 342 g/mol. The summed E-state index contributed by atoms with van der Waals surface area (Å²) in [6, 6.07) is 13.6. The molecule has 0 fully saturated rings. The van der Waals surface area contributed by atoms with E-state index in [0.29, 0.717) is 0 Å². The molecule has 0 radical (unpaired) electrons. The summed E-state index contributed by atoms with van der Waals surface area (Å²) < 4.78 is 0.738. The number of anilines is 1. The molecular weight excluding hydrogens is 329 g/mol. The van der Waals surface area contributed by atoms with Crippen LogP contribution in [0.4, 0.5) is 5.69 Å². The Morgan fingerprint density at radius 1 is 1.15 bits per heavy atom. The summed E-state index contributed by atoms with van der Waals surface area (Å²) in [7, 11) is 0. The Hall–Kier alpha value is -0.740. The molecule has 0 unspecified atom stereocenters. The first-order valence-corrected chi connectivity index (χ1v) is 8.14. The standard InChI is InChI=1S/C15H13Cl2NS2/c1-10-8-13(6-7-14(10)17)18-15(19)20-9-11-2-4-12(16)5-3-11/h2-8H,9H2,1H3,(H,18,19). The van der Waals surface area contributed by atoms with Crippen LogP contribution in [0.3, 0.4) is 0 Å². The van der Waals surface area contributed by atoms with Crippen LogP contribution < -0.4 is 5.32 Å². The Balaban J connectivity index is 1.89. The van der Waals surface area contributed by atoms with Gasteiger partial charge in [0.2, 0.25) is 0 Å². The van der Waals surface area contributed by atoms with Crippen LogP contribution >= 0.6 is 47.2 Å². The Morgan fingerprint density at radius 2 is 1.85 bits per heavy atom. The van der Waals surface area contributed by atoms with Crippen LogP contribution in [0.1, 0.15) is 11.1 Å². The fraction of sp³-hybridized carbons (Fsp3) is 0.133. The molecular formula is C15H13Cl2NS2. The van der Waals surface area contributed by atoms with Crippen molar-refractivity contribution in [2.45, 2.75) is 12.7 Å². The van der Waals surface area contributed by atoms with E-state index in [0.717, 1.165) is 31.4 Å². The highest BCUT2D eigenvalue weighted by molar-refractivity contribution is 8.22. The number of thiocarbonyl (C=S) groups is 1. The Bertz CT molecular complexity index is 612. The van der Waals surface area contributed by atoms with Gasteiger partial charge in [-0.25, -0.2) is 0 Å². The van der Waals surface area contributed by atoms with Gasteiger partial charge in [-0.2, -0.15) is 0 Å². The molecule has 0 aromatic heterocycles. The van der Waals surface area contributed by atoms with E-state index in [1.165, 1.54) is 5.56 Å². The third-order valence-electron chi connectivity index (χ3n) is 2.69. The maximum Gasteiger partial charge on any atom is 0.138 e. The van der Waals surface area contributed by atoms with E-state index in [1.54, 1.807) is 11.8 Å². The second-order valence-electron chi connectivity index (χ2n) is 4.29. The highest BCUT2D eigenvalue weighted by atomic mass is 35.5. The number of aryl methyl sites for hydroxylation is 1. The van der Waals surface area contributed by atoms with Crippen molar-refractivity contribution in [3.05, 3.63) is 63.6 Å². The number of benzene rings is 2. The maximum absolute atomic E-state index is 5.99. The zero-order valence-corrected chi connectivity index (χ0v) is 14.0. The van der Waals surface area contributed by atoms with E-state index >= 15 is 0 Å². The molecule has 2 rings (SSSR count). The molecule has 1 nitrogen and oxygen atoms in total. The molecule has 2 aromatic carbocycles. The Labute approximate surface area is 138 Å². The first-order valence-electron chi connectivity index (χ1n) is 5.99. The van der Waals surface area contributed by atoms with Crippen LogP contribution in [0.5, 0.6) is 0 Å². The normalized spacial score (nSPS) is 10.3. The van der Waals surface area contributed by atoms with Gasteiger partial charge in [-0.15, -0.1) is 0 Å². The van der Waals surface area contributed by atoms with Crippen molar-refractivity contribution < 1.29 is 0 Å². The molecule has 1 N–H and O–H groups in total. The van der Waals surface area contributed by atoms with Crippen molar-refractivity contribution in [2.75, 3.05) is 5.32 Å². The number of thioether (sulfide) groups is 1. The number of halogens is 2. The zero-order valence-electron chi connectivity index (χ0n) is 10.8. The highest BCUT2D eigenvalue weighted by Crippen LogP contribution is 2.22. The van der Waals surface area contributed by atoms with Crippen LogP contribution in [0, 0.1) is 6.92 Å². The lowest BCUT2D eigenvalue weighted by Crippen LogP contribution is -2.05. The predicted molar refractivity (Wildman–Crippen MR) is 95.2 cm³/mol. The SMILES string of the molecule is Cc1cc(NC(=S)SCc2ccc(Cl)cc2)ccc1Cl. The third kappa shape index (κ3) is 4.67. The summed E-state index contributed by atoms with van der Waals surface area (Å²) in [5.41, 5.74) is 3.18. The van der Waals surface area contributed by atoms with Crippen molar-refractivity contribution in [2.24, 2.45) is 0 Å². The van der Waals surface area contributed by atoms with Crippen molar-refractivity contribution >= 4 is 57.2 Å². The fourth-order valence-corrected chi connectivity index (χ4v) is 2.82. The van der Waals surface area contributed by atoms with E-state index in [9.17, 15) is 0 Å². The predicted octanol–water partition coefficient (Wildman–Crippen LogP) is 5.93. The topological polar surface area (TPSA) is 12.0 Å². The number of hydrogen-bond donors (Lipinski definition) is 1. The lowest BCUT2D eigenvalue weighted by Gasteiger charge is -2.09. The van der Waals surface area contributed by atoms with Gasteiger partial charge < -0.3 is 5.32 Å². The molecule has 5 heteroatoms. The summed E-state index contributed by atoms with van der Waals surface area (Å²) in [5.74, 6) is 0.815. The summed E-state index contributed by atoms with van der Waals surface area (Å²) in [4.78, 5) is 0. The molecule has 0 saturated carbocycles. The summed E-state index contributed by atoms with van der Waals surface area (Å²) >= 11 is 18.8. The number of rotatable bonds is 3.